The van der Waals surface area contributed by atoms with Crippen molar-refractivity contribution in [1.82, 2.24) is 5.32 Å². The summed E-state index contributed by atoms with van der Waals surface area (Å²) < 4.78 is 26.3. The molecule has 2 atom stereocenters. The van der Waals surface area contributed by atoms with Gasteiger partial charge in [0.05, 0.1) is 0 Å². The minimum absolute atomic E-state index is 0.0393. The average Bonchev–Trinajstić information content (AvgIpc) is 2.98. The molecule has 3 N–H and O–H groups in total. The zero-order valence-electron chi connectivity index (χ0n) is 9.47. The molecule has 0 aromatic heterocycles. The highest BCUT2D eigenvalue weighted by molar-refractivity contribution is 5.94. The lowest BCUT2D eigenvalue weighted by Gasteiger charge is -2.06. The first kappa shape index (κ1) is 11.8. The maximum absolute atomic E-state index is 13.1. The van der Waals surface area contributed by atoms with Crippen LogP contribution >= 0.6 is 0 Å². The summed E-state index contributed by atoms with van der Waals surface area (Å²) in [7, 11) is 0. The van der Waals surface area contributed by atoms with Crippen LogP contribution in [0.5, 0.6) is 0 Å². The second kappa shape index (κ2) is 4.31. The maximum Gasteiger partial charge on any atom is 0.251 e. The van der Waals surface area contributed by atoms with E-state index in [2.05, 4.69) is 12.2 Å². The molecule has 17 heavy (non-hydrogen) atoms. The minimum Gasteiger partial charge on any atom is -0.394 e. The topological polar surface area (TPSA) is 55.1 Å². The predicted octanol–water partition coefficient (Wildman–Crippen LogP) is 1.93. The fourth-order valence-corrected chi connectivity index (χ4v) is 1.72. The summed E-state index contributed by atoms with van der Waals surface area (Å²) >= 11 is 0. The Balaban J connectivity index is 2.03. The molecule has 2 rings (SSSR count). The molecule has 0 radical (unpaired) electrons. The van der Waals surface area contributed by atoms with Gasteiger partial charge in [-0.25, -0.2) is 8.78 Å². The van der Waals surface area contributed by atoms with E-state index in [1.165, 1.54) is 0 Å². The third-order valence-corrected chi connectivity index (χ3v) is 3.14. The van der Waals surface area contributed by atoms with Crippen LogP contribution < -0.4 is 11.1 Å². The van der Waals surface area contributed by atoms with Gasteiger partial charge in [0.15, 0.2) is 0 Å². The Morgan fingerprint density at radius 3 is 2.47 bits per heavy atom. The van der Waals surface area contributed by atoms with Gasteiger partial charge >= 0.3 is 0 Å². The van der Waals surface area contributed by atoms with E-state index in [1.54, 1.807) is 0 Å². The Morgan fingerprint density at radius 1 is 1.47 bits per heavy atom. The Hall–Kier alpha value is -1.65. The molecule has 0 heterocycles. The van der Waals surface area contributed by atoms with Gasteiger partial charge in [-0.1, -0.05) is 6.92 Å². The minimum atomic E-state index is -0.907. The van der Waals surface area contributed by atoms with Crippen LogP contribution in [0.25, 0.3) is 0 Å². The number of nitrogens with two attached hydrogens (primary N) is 1. The summed E-state index contributed by atoms with van der Waals surface area (Å²) in [5.74, 6) is -1.18. The summed E-state index contributed by atoms with van der Waals surface area (Å²) in [6, 6.07) is 1.90. The highest BCUT2D eigenvalue weighted by Crippen LogP contribution is 2.36. The fourth-order valence-electron chi connectivity index (χ4n) is 1.72. The Labute approximate surface area is 98.0 Å². The fraction of sp³-hybridized carbons (Fsp3) is 0.417. The molecule has 2 unspecified atom stereocenters. The third-order valence-electron chi connectivity index (χ3n) is 3.14. The van der Waals surface area contributed by atoms with Gasteiger partial charge in [0.1, 0.15) is 17.3 Å². The molecule has 5 heteroatoms. The zero-order chi connectivity index (χ0) is 12.6. The number of hydrogen-bond donors (Lipinski definition) is 2. The molecule has 1 fully saturated rings. The number of nitrogens with one attached hydrogen (secondary N) is 1. The molecule has 0 spiro atoms. The maximum atomic E-state index is 13.1. The predicted molar refractivity (Wildman–Crippen MR) is 60.4 cm³/mol. The molecule has 92 valence electrons. The monoisotopic (exact) mass is 240 g/mol. The van der Waals surface area contributed by atoms with E-state index in [-0.39, 0.29) is 5.56 Å². The van der Waals surface area contributed by atoms with E-state index in [0.717, 1.165) is 18.6 Å². The number of amides is 1. The van der Waals surface area contributed by atoms with Crippen LogP contribution in [0.2, 0.25) is 0 Å². The van der Waals surface area contributed by atoms with Crippen LogP contribution in [0, 0.1) is 23.5 Å². The Morgan fingerprint density at radius 2 is 2.00 bits per heavy atom. The second-order valence-electron chi connectivity index (χ2n) is 4.54. The van der Waals surface area contributed by atoms with Crippen molar-refractivity contribution in [2.24, 2.45) is 11.8 Å². The van der Waals surface area contributed by atoms with E-state index >= 15 is 0 Å². The number of nitrogen functional groups attached to an aromatic ring is 1. The van der Waals surface area contributed by atoms with Crippen LogP contribution in [-0.2, 0) is 0 Å². The van der Waals surface area contributed by atoms with Gasteiger partial charge in [0, 0.05) is 12.1 Å². The number of carbonyl (C=O) groups excluding carboxylic acids is 1. The standard InChI is InChI=1S/C12H14F2N2O/c1-6-2-8(6)5-16-12(17)7-3-9(13)11(15)10(14)4-7/h3-4,6,8H,2,5,15H2,1H3,(H,16,17). The number of carbonyl (C=O) groups is 1. The van der Waals surface area contributed by atoms with Gasteiger partial charge in [-0.3, -0.25) is 4.79 Å². The van der Waals surface area contributed by atoms with Crippen molar-refractivity contribution >= 4 is 11.6 Å². The van der Waals surface area contributed by atoms with Crippen LogP contribution in [0.15, 0.2) is 12.1 Å². The van der Waals surface area contributed by atoms with Crippen molar-refractivity contribution in [2.75, 3.05) is 12.3 Å². The SMILES string of the molecule is CC1CC1CNC(=O)c1cc(F)c(N)c(F)c1. The summed E-state index contributed by atoms with van der Waals surface area (Å²) in [4.78, 5) is 11.6. The van der Waals surface area contributed by atoms with Crippen molar-refractivity contribution in [2.45, 2.75) is 13.3 Å². The molecule has 1 aromatic carbocycles. The highest BCUT2D eigenvalue weighted by Gasteiger charge is 2.32. The van der Waals surface area contributed by atoms with E-state index < -0.39 is 23.2 Å². The lowest BCUT2D eigenvalue weighted by Crippen LogP contribution is -2.26. The molecule has 0 bridgehead atoms. The van der Waals surface area contributed by atoms with Crippen molar-refractivity contribution < 1.29 is 13.6 Å². The van der Waals surface area contributed by atoms with Gasteiger partial charge in [-0.2, -0.15) is 0 Å². The van der Waals surface area contributed by atoms with E-state index in [9.17, 15) is 13.6 Å². The second-order valence-corrected chi connectivity index (χ2v) is 4.54. The lowest BCUT2D eigenvalue weighted by molar-refractivity contribution is 0.0950. The molecule has 1 saturated carbocycles. The number of rotatable bonds is 3. The van der Waals surface area contributed by atoms with Crippen molar-refractivity contribution in [3.8, 4) is 0 Å². The van der Waals surface area contributed by atoms with Crippen LogP contribution in [0.3, 0.4) is 0 Å². The van der Waals surface area contributed by atoms with E-state index in [1.807, 2.05) is 0 Å². The quantitative estimate of drug-likeness (QED) is 0.793. The summed E-state index contributed by atoms with van der Waals surface area (Å²) in [5, 5.41) is 2.65. The van der Waals surface area contributed by atoms with Crippen LogP contribution in [-0.4, -0.2) is 12.5 Å². The van der Waals surface area contributed by atoms with Crippen molar-refractivity contribution in [3.63, 3.8) is 0 Å². The van der Waals surface area contributed by atoms with E-state index in [0.29, 0.717) is 18.4 Å². The Kier molecular flexibility index (Phi) is 3.00. The smallest absolute Gasteiger partial charge is 0.251 e. The van der Waals surface area contributed by atoms with Crippen molar-refractivity contribution in [3.05, 3.63) is 29.3 Å². The van der Waals surface area contributed by atoms with Gasteiger partial charge in [0.25, 0.3) is 5.91 Å². The number of hydrogen-bond acceptors (Lipinski definition) is 2. The van der Waals surface area contributed by atoms with Gasteiger partial charge in [0.2, 0.25) is 0 Å². The third kappa shape index (κ3) is 2.54. The van der Waals surface area contributed by atoms with Crippen LogP contribution in [0.1, 0.15) is 23.7 Å². The molecule has 1 aromatic rings. The lowest BCUT2D eigenvalue weighted by atomic mass is 10.1. The Bertz CT molecular complexity index is 439. The highest BCUT2D eigenvalue weighted by atomic mass is 19.1. The van der Waals surface area contributed by atoms with Crippen LogP contribution in [0.4, 0.5) is 14.5 Å². The van der Waals surface area contributed by atoms with Gasteiger partial charge < -0.3 is 11.1 Å². The van der Waals surface area contributed by atoms with Gasteiger partial charge in [-0.15, -0.1) is 0 Å². The first-order valence-corrected chi connectivity index (χ1v) is 5.51. The van der Waals surface area contributed by atoms with Gasteiger partial charge in [-0.05, 0) is 30.4 Å². The average molecular weight is 240 g/mol. The summed E-state index contributed by atoms with van der Waals surface area (Å²) in [5.41, 5.74) is 4.52. The number of benzene rings is 1. The summed E-state index contributed by atoms with van der Waals surface area (Å²) in [6.45, 7) is 2.65. The molecular formula is C12H14F2N2O. The molecule has 3 nitrogen and oxygen atoms in total. The molecule has 0 saturated heterocycles. The molecule has 1 aliphatic carbocycles. The molecule has 1 amide bonds. The molecular weight excluding hydrogens is 226 g/mol. The summed E-state index contributed by atoms with van der Waals surface area (Å²) in [6.07, 6.45) is 1.09. The van der Waals surface area contributed by atoms with Crippen molar-refractivity contribution in [1.29, 1.82) is 0 Å². The zero-order valence-corrected chi connectivity index (χ0v) is 9.47. The van der Waals surface area contributed by atoms with E-state index in [4.69, 9.17) is 5.73 Å². The first-order valence-electron chi connectivity index (χ1n) is 5.51. The number of halogens is 2. The molecule has 0 aliphatic heterocycles. The normalized spacial score (nSPS) is 22.3. The molecule has 1 aliphatic rings. The number of anilines is 1. The first-order chi connectivity index (χ1) is 7.99. The largest absolute Gasteiger partial charge is 0.394 e.